The molecule has 1 aromatic carbocycles. The van der Waals surface area contributed by atoms with E-state index < -0.39 is 0 Å². The summed E-state index contributed by atoms with van der Waals surface area (Å²) in [6.07, 6.45) is 0. The van der Waals surface area contributed by atoms with Crippen molar-refractivity contribution in [2.75, 3.05) is 0 Å². The minimum atomic E-state index is -0.328. The summed E-state index contributed by atoms with van der Waals surface area (Å²) < 4.78 is 0. The van der Waals surface area contributed by atoms with Crippen molar-refractivity contribution in [3.63, 3.8) is 0 Å². The second-order valence-electron chi connectivity index (χ2n) is 3.98. The second kappa shape index (κ2) is 5.27. The largest absolute Gasteiger partial charge is 0.347 e. The number of aromatic nitrogens is 2. The van der Waals surface area contributed by atoms with Crippen LogP contribution in [0.2, 0.25) is 0 Å². The highest BCUT2D eigenvalue weighted by Gasteiger charge is 2.06. The molecule has 0 bridgehead atoms. The Bertz CT molecular complexity index is 599. The molecule has 0 aliphatic rings. The second-order valence-corrected chi connectivity index (χ2v) is 3.98. The Balaban J connectivity index is 2.00. The van der Waals surface area contributed by atoms with Crippen molar-refractivity contribution in [1.29, 1.82) is 0 Å². The number of amides is 1. The fraction of sp³-hybridized carbons (Fsp3) is 0.154. The summed E-state index contributed by atoms with van der Waals surface area (Å²) in [5, 5.41) is 8.62. The van der Waals surface area contributed by atoms with Crippen LogP contribution in [0.4, 0.5) is 0 Å². The third-order valence-corrected chi connectivity index (χ3v) is 2.45. The van der Waals surface area contributed by atoms with Gasteiger partial charge in [0.1, 0.15) is 5.69 Å². The molecule has 1 aromatic heterocycles. The molecular formula is C13H13N3O2. The first-order chi connectivity index (χ1) is 8.65. The fourth-order valence-corrected chi connectivity index (χ4v) is 1.57. The van der Waals surface area contributed by atoms with Crippen LogP contribution in [0.15, 0.2) is 41.2 Å². The van der Waals surface area contributed by atoms with Gasteiger partial charge in [0.2, 0.25) is 0 Å². The van der Waals surface area contributed by atoms with Crippen molar-refractivity contribution in [2.45, 2.75) is 13.5 Å². The maximum Gasteiger partial charge on any atom is 0.271 e. The van der Waals surface area contributed by atoms with Crippen LogP contribution in [0.25, 0.3) is 0 Å². The maximum absolute atomic E-state index is 11.7. The summed E-state index contributed by atoms with van der Waals surface area (Å²) >= 11 is 0. The summed E-state index contributed by atoms with van der Waals surface area (Å²) in [6, 6.07) is 10.5. The van der Waals surface area contributed by atoms with E-state index in [2.05, 4.69) is 15.5 Å². The highest BCUT2D eigenvalue weighted by Crippen LogP contribution is 2.03. The van der Waals surface area contributed by atoms with Gasteiger partial charge in [0.05, 0.1) is 0 Å². The Hall–Kier alpha value is -2.43. The molecule has 0 radical (unpaired) electrons. The van der Waals surface area contributed by atoms with E-state index in [0.717, 1.165) is 11.1 Å². The summed E-state index contributed by atoms with van der Waals surface area (Å²) in [5.41, 5.74) is 2.03. The lowest BCUT2D eigenvalue weighted by atomic mass is 10.1. The molecule has 1 amide bonds. The SMILES string of the molecule is Cc1cccc(CNC(=O)c2ccc(=O)[nH]n2)c1. The zero-order chi connectivity index (χ0) is 13.0. The Morgan fingerprint density at radius 2 is 2.17 bits per heavy atom. The number of nitrogens with zero attached hydrogens (tertiary/aromatic N) is 1. The molecule has 1 heterocycles. The summed E-state index contributed by atoms with van der Waals surface area (Å²) in [5.74, 6) is -0.312. The Labute approximate surface area is 104 Å². The molecule has 0 spiro atoms. The average Bonchev–Trinajstić information content (AvgIpc) is 2.37. The van der Waals surface area contributed by atoms with Crippen LogP contribution in [0.5, 0.6) is 0 Å². The molecule has 92 valence electrons. The van der Waals surface area contributed by atoms with Gasteiger partial charge in [-0.2, -0.15) is 5.10 Å². The van der Waals surface area contributed by atoms with E-state index in [1.807, 2.05) is 31.2 Å². The van der Waals surface area contributed by atoms with E-state index in [4.69, 9.17) is 0 Å². The molecule has 2 rings (SSSR count). The minimum Gasteiger partial charge on any atom is -0.347 e. The van der Waals surface area contributed by atoms with E-state index in [1.54, 1.807) is 0 Å². The lowest BCUT2D eigenvalue weighted by Crippen LogP contribution is -2.25. The number of carbonyl (C=O) groups excluding carboxylic acids is 1. The number of hydrogen-bond acceptors (Lipinski definition) is 3. The van der Waals surface area contributed by atoms with Crippen LogP contribution in [-0.4, -0.2) is 16.1 Å². The number of aromatic amines is 1. The fourth-order valence-electron chi connectivity index (χ4n) is 1.57. The highest BCUT2D eigenvalue weighted by molar-refractivity contribution is 5.91. The molecule has 0 aliphatic carbocycles. The van der Waals surface area contributed by atoms with E-state index in [-0.39, 0.29) is 17.2 Å². The predicted octanol–water partition coefficient (Wildman–Crippen LogP) is 1.01. The van der Waals surface area contributed by atoms with Crippen LogP contribution in [0.3, 0.4) is 0 Å². The monoisotopic (exact) mass is 243 g/mol. The molecule has 18 heavy (non-hydrogen) atoms. The number of hydrogen-bond donors (Lipinski definition) is 2. The Morgan fingerprint density at radius 3 is 2.83 bits per heavy atom. The van der Waals surface area contributed by atoms with Gasteiger partial charge in [-0.1, -0.05) is 29.8 Å². The highest BCUT2D eigenvalue weighted by atomic mass is 16.2. The standard InChI is InChI=1S/C13H13N3O2/c1-9-3-2-4-10(7-9)8-14-13(18)11-5-6-12(17)16-15-11/h2-7H,8H2,1H3,(H,14,18)(H,16,17). The van der Waals surface area contributed by atoms with Gasteiger partial charge in [0.25, 0.3) is 11.5 Å². The summed E-state index contributed by atoms with van der Waals surface area (Å²) in [4.78, 5) is 22.5. The smallest absolute Gasteiger partial charge is 0.271 e. The topological polar surface area (TPSA) is 74.8 Å². The van der Waals surface area contributed by atoms with Crippen LogP contribution in [0, 0.1) is 6.92 Å². The third kappa shape index (κ3) is 3.04. The minimum absolute atomic E-state index is 0.197. The van der Waals surface area contributed by atoms with E-state index in [1.165, 1.54) is 12.1 Å². The molecule has 5 nitrogen and oxygen atoms in total. The Kier molecular flexibility index (Phi) is 3.52. The van der Waals surface area contributed by atoms with Crippen molar-refractivity contribution in [3.05, 3.63) is 63.6 Å². The first-order valence-corrected chi connectivity index (χ1v) is 5.54. The van der Waals surface area contributed by atoms with Gasteiger partial charge in [-0.3, -0.25) is 9.59 Å². The molecule has 2 N–H and O–H groups in total. The van der Waals surface area contributed by atoms with Crippen molar-refractivity contribution in [3.8, 4) is 0 Å². The van der Waals surface area contributed by atoms with Gasteiger partial charge >= 0.3 is 0 Å². The average molecular weight is 243 g/mol. The van der Waals surface area contributed by atoms with Crippen LogP contribution in [0.1, 0.15) is 21.6 Å². The van der Waals surface area contributed by atoms with Crippen molar-refractivity contribution >= 4 is 5.91 Å². The van der Waals surface area contributed by atoms with Gasteiger partial charge < -0.3 is 5.32 Å². The lowest BCUT2D eigenvalue weighted by Gasteiger charge is -2.05. The van der Waals surface area contributed by atoms with Crippen molar-refractivity contribution < 1.29 is 4.79 Å². The maximum atomic E-state index is 11.7. The van der Waals surface area contributed by atoms with Crippen molar-refractivity contribution in [2.24, 2.45) is 0 Å². The molecule has 5 heteroatoms. The Morgan fingerprint density at radius 1 is 1.33 bits per heavy atom. The quantitative estimate of drug-likeness (QED) is 0.844. The first kappa shape index (κ1) is 12.0. The van der Waals surface area contributed by atoms with E-state index in [9.17, 15) is 9.59 Å². The predicted molar refractivity (Wildman–Crippen MR) is 67.2 cm³/mol. The molecule has 0 saturated carbocycles. The van der Waals surface area contributed by atoms with Crippen LogP contribution < -0.4 is 10.9 Å². The molecule has 0 aliphatic heterocycles. The van der Waals surface area contributed by atoms with Crippen LogP contribution in [-0.2, 0) is 6.54 Å². The normalized spacial score (nSPS) is 10.1. The number of nitrogens with one attached hydrogen (secondary N) is 2. The molecule has 0 atom stereocenters. The third-order valence-electron chi connectivity index (χ3n) is 2.45. The van der Waals surface area contributed by atoms with Gasteiger partial charge in [0.15, 0.2) is 0 Å². The van der Waals surface area contributed by atoms with E-state index >= 15 is 0 Å². The number of aryl methyl sites for hydroxylation is 1. The molecule has 0 fully saturated rings. The number of rotatable bonds is 3. The summed E-state index contributed by atoms with van der Waals surface area (Å²) in [6.45, 7) is 2.43. The summed E-state index contributed by atoms with van der Waals surface area (Å²) in [7, 11) is 0. The van der Waals surface area contributed by atoms with Gasteiger partial charge in [-0.15, -0.1) is 0 Å². The van der Waals surface area contributed by atoms with Gasteiger partial charge in [0, 0.05) is 12.6 Å². The first-order valence-electron chi connectivity index (χ1n) is 5.54. The molecule has 0 saturated heterocycles. The lowest BCUT2D eigenvalue weighted by molar-refractivity contribution is 0.0945. The van der Waals surface area contributed by atoms with Crippen LogP contribution >= 0.6 is 0 Å². The number of benzene rings is 1. The molecular weight excluding hydrogens is 230 g/mol. The van der Waals surface area contributed by atoms with Gasteiger partial charge in [-0.05, 0) is 18.6 Å². The van der Waals surface area contributed by atoms with Gasteiger partial charge in [-0.25, -0.2) is 5.10 Å². The number of carbonyl (C=O) groups is 1. The van der Waals surface area contributed by atoms with Crippen molar-refractivity contribution in [1.82, 2.24) is 15.5 Å². The molecule has 0 unspecified atom stereocenters. The zero-order valence-electron chi connectivity index (χ0n) is 9.93. The van der Waals surface area contributed by atoms with E-state index in [0.29, 0.717) is 6.54 Å². The zero-order valence-corrected chi connectivity index (χ0v) is 9.93. The molecule has 2 aromatic rings. The number of H-pyrrole nitrogens is 1.